The fraction of sp³-hybridized carbons (Fsp3) is 0.571. The lowest BCUT2D eigenvalue weighted by Crippen LogP contribution is -2.57. The van der Waals surface area contributed by atoms with Gasteiger partial charge in [0.1, 0.15) is 0 Å². The Morgan fingerprint density at radius 1 is 0.220 bits per heavy atom. The van der Waals surface area contributed by atoms with E-state index in [0.717, 1.165) is 0 Å². The molecule has 0 atom stereocenters. The fourth-order valence-electron chi connectivity index (χ4n) is 7.51. The molecule has 324 valence electrons. The molecule has 4 rings (SSSR count). The Labute approximate surface area is 368 Å². The van der Waals surface area contributed by atoms with Gasteiger partial charge in [0.2, 0.25) is 18.1 Å². The SMILES string of the molecule is CC(C)(C)c1cc([SiH](O[SiH](c2cc(C(C)(C)C)cc(C(C)(C)C)c2)c2cc(C(C)(C)C)cc(C(C)(C)C)c2)c2cc(C(C)(C)C)cc(C(C)(C)C)c2)cc(C(C)(C)C)c1. The van der Waals surface area contributed by atoms with E-state index in [0.29, 0.717) is 0 Å². The van der Waals surface area contributed by atoms with E-state index in [2.05, 4.69) is 239 Å². The zero-order valence-corrected chi connectivity index (χ0v) is 44.8. The van der Waals surface area contributed by atoms with Crippen molar-refractivity contribution in [2.75, 3.05) is 0 Å². The van der Waals surface area contributed by atoms with Crippen molar-refractivity contribution in [2.24, 2.45) is 0 Å². The quantitative estimate of drug-likeness (QED) is 0.176. The van der Waals surface area contributed by atoms with Crippen LogP contribution in [0.3, 0.4) is 0 Å². The lowest BCUT2D eigenvalue weighted by molar-refractivity contribution is 0.568. The van der Waals surface area contributed by atoms with Crippen LogP contribution in [0, 0.1) is 0 Å². The first kappa shape index (κ1) is 48.9. The molecule has 3 heteroatoms. The van der Waals surface area contributed by atoms with Crippen LogP contribution in [0.25, 0.3) is 0 Å². The highest BCUT2D eigenvalue weighted by Gasteiger charge is 2.34. The zero-order valence-electron chi connectivity index (χ0n) is 42.5. The van der Waals surface area contributed by atoms with Crippen LogP contribution in [0.2, 0.25) is 0 Å². The smallest absolute Gasteiger partial charge is 0.228 e. The van der Waals surface area contributed by atoms with Gasteiger partial charge in [0.05, 0.1) is 0 Å². The van der Waals surface area contributed by atoms with Gasteiger partial charge in [0.25, 0.3) is 0 Å². The minimum absolute atomic E-state index is 0.0130. The van der Waals surface area contributed by atoms with Crippen molar-refractivity contribution in [1.29, 1.82) is 0 Å². The third-order valence-corrected chi connectivity index (χ3v) is 18.2. The summed E-state index contributed by atoms with van der Waals surface area (Å²) in [6.07, 6.45) is 0. The number of hydrogen-bond acceptors (Lipinski definition) is 1. The summed E-state index contributed by atoms with van der Waals surface area (Å²) in [6, 6.07) is 30.2. The van der Waals surface area contributed by atoms with E-state index in [1.54, 1.807) is 0 Å². The summed E-state index contributed by atoms with van der Waals surface area (Å²) in [7, 11) is -4.83. The van der Waals surface area contributed by atoms with Crippen LogP contribution in [0.4, 0.5) is 0 Å². The molecular formula is C56H86OSi2. The molecule has 4 aromatic carbocycles. The van der Waals surface area contributed by atoms with Crippen LogP contribution in [-0.2, 0) is 47.4 Å². The third-order valence-electron chi connectivity index (χ3n) is 12.2. The van der Waals surface area contributed by atoms with Crippen molar-refractivity contribution >= 4 is 38.8 Å². The van der Waals surface area contributed by atoms with Gasteiger partial charge in [0, 0.05) is 0 Å². The van der Waals surface area contributed by atoms with Crippen LogP contribution in [0.5, 0.6) is 0 Å². The second kappa shape index (κ2) is 16.2. The lowest BCUT2D eigenvalue weighted by Gasteiger charge is -2.34. The number of benzene rings is 4. The largest absolute Gasteiger partial charge is 0.446 e. The second-order valence-electron chi connectivity index (χ2n) is 26.3. The molecule has 0 aliphatic heterocycles. The monoisotopic (exact) mass is 831 g/mol. The van der Waals surface area contributed by atoms with E-state index in [1.165, 1.54) is 65.3 Å². The van der Waals surface area contributed by atoms with Crippen molar-refractivity contribution in [2.45, 2.75) is 209 Å². The first-order chi connectivity index (χ1) is 26.3. The zero-order chi connectivity index (χ0) is 45.3. The number of hydrogen-bond donors (Lipinski definition) is 0. The Morgan fingerprint density at radius 3 is 0.441 bits per heavy atom. The van der Waals surface area contributed by atoms with Gasteiger partial charge in [-0.05, 0) is 109 Å². The third kappa shape index (κ3) is 12.2. The Balaban J connectivity index is 2.29. The Hall–Kier alpha value is -2.73. The van der Waals surface area contributed by atoms with Crippen molar-refractivity contribution in [1.82, 2.24) is 0 Å². The molecular weight excluding hydrogens is 745 g/mol. The van der Waals surface area contributed by atoms with Crippen LogP contribution in [0.1, 0.15) is 211 Å². The predicted molar refractivity (Wildman–Crippen MR) is 269 cm³/mol. The first-order valence-electron chi connectivity index (χ1n) is 22.6. The van der Waals surface area contributed by atoms with E-state index < -0.39 is 18.1 Å². The molecule has 4 aromatic rings. The van der Waals surface area contributed by atoms with Gasteiger partial charge in [0.15, 0.2) is 0 Å². The summed E-state index contributed by atoms with van der Waals surface area (Å²) in [6.45, 7) is 56.8. The molecule has 0 aromatic heterocycles. The Morgan fingerprint density at radius 2 is 0.339 bits per heavy atom. The molecule has 0 fully saturated rings. The molecule has 0 unspecified atom stereocenters. The molecule has 0 spiro atoms. The summed E-state index contributed by atoms with van der Waals surface area (Å²) in [5, 5.41) is 5.54. The van der Waals surface area contributed by atoms with Gasteiger partial charge < -0.3 is 4.12 Å². The standard InChI is InChI=1S/C56H86OSi2/c1-49(2,3)37-25-38(50(4,5)6)30-45(29-37)58(46-31-39(51(7,8)9)26-40(32-46)52(10,11)12)57-59(47-33-41(53(13,14)15)27-42(34-47)54(16,17)18)48-35-43(55(19,20)21)28-44(36-48)56(22,23)24/h25-36,58-59H,1-24H3. The van der Waals surface area contributed by atoms with E-state index >= 15 is 0 Å². The molecule has 0 N–H and O–H groups in total. The van der Waals surface area contributed by atoms with Crippen molar-refractivity contribution in [3.63, 3.8) is 0 Å². The number of rotatable bonds is 6. The molecule has 0 heterocycles. The van der Waals surface area contributed by atoms with Gasteiger partial charge in [-0.2, -0.15) is 0 Å². The lowest BCUT2D eigenvalue weighted by atomic mass is 9.81. The normalized spacial score (nSPS) is 14.1. The molecule has 0 saturated carbocycles. The van der Waals surface area contributed by atoms with Crippen LogP contribution < -0.4 is 20.7 Å². The van der Waals surface area contributed by atoms with E-state index in [-0.39, 0.29) is 43.3 Å². The maximum Gasteiger partial charge on any atom is 0.228 e. The molecule has 0 amide bonds. The highest BCUT2D eigenvalue weighted by molar-refractivity contribution is 6.92. The van der Waals surface area contributed by atoms with Gasteiger partial charge in [-0.15, -0.1) is 0 Å². The fourth-order valence-corrected chi connectivity index (χ4v) is 14.5. The minimum atomic E-state index is -2.42. The molecule has 1 nitrogen and oxygen atoms in total. The first-order valence-corrected chi connectivity index (χ1v) is 25.8. The highest BCUT2D eigenvalue weighted by atomic mass is 28.4. The van der Waals surface area contributed by atoms with Crippen LogP contribution >= 0.6 is 0 Å². The summed E-state index contributed by atoms with van der Waals surface area (Å²) in [4.78, 5) is 0. The summed E-state index contributed by atoms with van der Waals surface area (Å²) >= 11 is 0. The van der Waals surface area contributed by atoms with Gasteiger partial charge >= 0.3 is 0 Å². The van der Waals surface area contributed by atoms with Gasteiger partial charge in [-0.1, -0.05) is 239 Å². The van der Waals surface area contributed by atoms with Crippen molar-refractivity contribution in [3.05, 3.63) is 117 Å². The summed E-state index contributed by atoms with van der Waals surface area (Å²) in [5.74, 6) is 0. The van der Waals surface area contributed by atoms with Crippen LogP contribution in [-0.4, -0.2) is 18.1 Å². The van der Waals surface area contributed by atoms with Crippen molar-refractivity contribution < 1.29 is 4.12 Å². The van der Waals surface area contributed by atoms with Crippen molar-refractivity contribution in [3.8, 4) is 0 Å². The molecule has 0 radical (unpaired) electrons. The summed E-state index contributed by atoms with van der Waals surface area (Å²) < 4.78 is 8.41. The Bertz CT molecular complexity index is 1680. The molecule has 0 bridgehead atoms. The summed E-state index contributed by atoms with van der Waals surface area (Å²) in [5.41, 5.74) is 11.0. The van der Waals surface area contributed by atoms with E-state index in [4.69, 9.17) is 4.12 Å². The van der Waals surface area contributed by atoms with Gasteiger partial charge in [-0.3, -0.25) is 0 Å². The average molecular weight is 831 g/mol. The van der Waals surface area contributed by atoms with E-state index in [1.807, 2.05) is 0 Å². The minimum Gasteiger partial charge on any atom is -0.446 e. The molecule has 0 aliphatic rings. The average Bonchev–Trinajstić information content (AvgIpc) is 3.04. The van der Waals surface area contributed by atoms with Gasteiger partial charge in [-0.25, -0.2) is 0 Å². The maximum absolute atomic E-state index is 8.41. The second-order valence-corrected chi connectivity index (χ2v) is 31.5. The molecule has 0 aliphatic carbocycles. The Kier molecular flexibility index (Phi) is 13.4. The predicted octanol–water partition coefficient (Wildman–Crippen LogP) is 12.5. The molecule has 59 heavy (non-hydrogen) atoms. The topological polar surface area (TPSA) is 9.23 Å². The van der Waals surface area contributed by atoms with E-state index in [9.17, 15) is 0 Å². The maximum atomic E-state index is 8.41. The molecule has 0 saturated heterocycles. The highest BCUT2D eigenvalue weighted by Crippen LogP contribution is 2.33. The van der Waals surface area contributed by atoms with Crippen LogP contribution in [0.15, 0.2) is 72.8 Å².